The number of benzene rings is 1. The highest BCUT2D eigenvalue weighted by Crippen LogP contribution is 2.35. The van der Waals surface area contributed by atoms with Crippen molar-refractivity contribution in [3.05, 3.63) is 44.3 Å². The van der Waals surface area contributed by atoms with E-state index in [0.717, 1.165) is 33.8 Å². The summed E-state index contributed by atoms with van der Waals surface area (Å²) in [6, 6.07) is 4.10. The average Bonchev–Trinajstić information content (AvgIpc) is 2.98. The van der Waals surface area contributed by atoms with Crippen LogP contribution in [0.4, 0.5) is 0 Å². The molecule has 1 aromatic heterocycles. The summed E-state index contributed by atoms with van der Waals surface area (Å²) >= 11 is 4.98. The van der Waals surface area contributed by atoms with Gasteiger partial charge in [-0.05, 0) is 23.3 Å². The van der Waals surface area contributed by atoms with E-state index in [0.29, 0.717) is 6.42 Å². The first-order valence-electron chi connectivity index (χ1n) is 5.75. The molecule has 3 nitrogen and oxygen atoms in total. The molecule has 0 saturated carbocycles. The van der Waals surface area contributed by atoms with Crippen molar-refractivity contribution in [2.45, 2.75) is 18.9 Å². The topological polar surface area (TPSA) is 42.4 Å². The van der Waals surface area contributed by atoms with Crippen LogP contribution in [0.25, 0.3) is 0 Å². The molecule has 5 heteroatoms. The first kappa shape index (κ1) is 12.1. The fraction of sp³-hybridized carbons (Fsp3) is 0.308. The molecule has 0 bridgehead atoms. The Balaban J connectivity index is 1.89. The lowest BCUT2D eigenvalue weighted by atomic mass is 10.0. The molecular weight excluding hydrogens is 314 g/mol. The van der Waals surface area contributed by atoms with E-state index in [9.17, 15) is 5.11 Å². The number of rotatable bonds is 3. The first-order valence-corrected chi connectivity index (χ1v) is 7.43. The van der Waals surface area contributed by atoms with Gasteiger partial charge >= 0.3 is 0 Å². The van der Waals surface area contributed by atoms with Crippen molar-refractivity contribution in [2.75, 3.05) is 6.61 Å². The summed E-state index contributed by atoms with van der Waals surface area (Å²) in [5.74, 6) is 0.939. The second-order valence-electron chi connectivity index (χ2n) is 4.24. The number of hydrogen-bond donors (Lipinski definition) is 1. The van der Waals surface area contributed by atoms with Gasteiger partial charge in [-0.3, -0.25) is 0 Å². The van der Waals surface area contributed by atoms with E-state index in [1.165, 1.54) is 16.9 Å². The van der Waals surface area contributed by atoms with Gasteiger partial charge in [0, 0.05) is 28.9 Å². The van der Waals surface area contributed by atoms with E-state index >= 15 is 0 Å². The van der Waals surface area contributed by atoms with E-state index in [1.807, 2.05) is 11.4 Å². The van der Waals surface area contributed by atoms with Crippen molar-refractivity contribution in [1.82, 2.24) is 4.98 Å². The Bertz CT molecular complexity index is 556. The number of hydrogen-bond acceptors (Lipinski definition) is 4. The van der Waals surface area contributed by atoms with Gasteiger partial charge in [-0.2, -0.15) is 0 Å². The van der Waals surface area contributed by atoms with Gasteiger partial charge in [-0.25, -0.2) is 4.98 Å². The van der Waals surface area contributed by atoms with Gasteiger partial charge in [0.15, 0.2) is 0 Å². The van der Waals surface area contributed by atoms with Crippen molar-refractivity contribution in [1.29, 1.82) is 0 Å². The maximum absolute atomic E-state index is 10.2. The van der Waals surface area contributed by atoms with Gasteiger partial charge in [0.1, 0.15) is 16.9 Å². The molecule has 1 atom stereocenters. The van der Waals surface area contributed by atoms with Crippen LogP contribution < -0.4 is 4.74 Å². The maximum atomic E-state index is 10.2. The normalized spacial score (nSPS) is 15.2. The van der Waals surface area contributed by atoms with Crippen molar-refractivity contribution in [3.8, 4) is 5.75 Å². The van der Waals surface area contributed by atoms with E-state index in [2.05, 4.69) is 27.0 Å². The summed E-state index contributed by atoms with van der Waals surface area (Å²) in [7, 11) is 0. The Hall–Kier alpha value is -0.910. The highest BCUT2D eigenvalue weighted by molar-refractivity contribution is 9.10. The van der Waals surface area contributed by atoms with Gasteiger partial charge in [0.05, 0.1) is 6.61 Å². The monoisotopic (exact) mass is 325 g/mol. The smallest absolute Gasteiger partial charge is 0.125 e. The van der Waals surface area contributed by atoms with Crippen LogP contribution in [0.3, 0.4) is 0 Å². The number of aliphatic hydroxyl groups excluding tert-OH is 1. The standard InChI is InChI=1S/C13H12BrNO2S/c14-10-5-8-1-3-17-12(8)9(6-10)7-11(16)13-15-2-4-18-13/h2,4-6,11,16H,1,3,7H2. The lowest BCUT2D eigenvalue weighted by Gasteiger charge is -2.12. The SMILES string of the molecule is OC(Cc1cc(Br)cc2c1OCC2)c1nccs1. The zero-order valence-electron chi connectivity index (χ0n) is 9.60. The van der Waals surface area contributed by atoms with Crippen LogP contribution in [-0.4, -0.2) is 16.7 Å². The second-order valence-corrected chi connectivity index (χ2v) is 6.08. The molecule has 0 saturated heterocycles. The minimum atomic E-state index is -0.562. The minimum Gasteiger partial charge on any atom is -0.493 e. The van der Waals surface area contributed by atoms with Gasteiger partial charge in [0.2, 0.25) is 0 Å². The molecule has 1 aliphatic heterocycles. The minimum absolute atomic E-state index is 0.537. The van der Waals surface area contributed by atoms with Crippen molar-refractivity contribution in [2.24, 2.45) is 0 Å². The molecule has 2 aromatic rings. The van der Waals surface area contributed by atoms with Crippen molar-refractivity contribution < 1.29 is 9.84 Å². The Morgan fingerprint density at radius 3 is 3.17 bits per heavy atom. The highest BCUT2D eigenvalue weighted by atomic mass is 79.9. The predicted octanol–water partition coefficient (Wildman–Crippen LogP) is 3.12. The lowest BCUT2D eigenvalue weighted by Crippen LogP contribution is -2.03. The molecule has 18 heavy (non-hydrogen) atoms. The zero-order chi connectivity index (χ0) is 12.5. The number of ether oxygens (including phenoxy) is 1. The van der Waals surface area contributed by atoms with Gasteiger partial charge in [-0.15, -0.1) is 11.3 Å². The summed E-state index contributed by atoms with van der Waals surface area (Å²) in [6.07, 6.45) is 2.63. The highest BCUT2D eigenvalue weighted by Gasteiger charge is 2.20. The van der Waals surface area contributed by atoms with Crippen LogP contribution in [-0.2, 0) is 12.8 Å². The number of thiazole rings is 1. The molecule has 2 heterocycles. The first-order chi connectivity index (χ1) is 8.74. The fourth-order valence-electron chi connectivity index (χ4n) is 2.19. The van der Waals surface area contributed by atoms with Crippen molar-refractivity contribution >= 4 is 27.3 Å². The maximum Gasteiger partial charge on any atom is 0.125 e. The molecule has 0 radical (unpaired) electrons. The summed E-state index contributed by atoms with van der Waals surface area (Å²) in [6.45, 7) is 0.728. The lowest BCUT2D eigenvalue weighted by molar-refractivity contribution is 0.176. The summed E-state index contributed by atoms with van der Waals surface area (Å²) in [5.41, 5.74) is 2.25. The number of halogens is 1. The molecule has 1 N–H and O–H groups in total. The second kappa shape index (κ2) is 4.99. The molecular formula is C13H12BrNO2S. The molecule has 3 rings (SSSR count). The number of aromatic nitrogens is 1. The largest absolute Gasteiger partial charge is 0.493 e. The van der Waals surface area contributed by atoms with Gasteiger partial charge in [-0.1, -0.05) is 15.9 Å². The summed E-state index contributed by atoms with van der Waals surface area (Å²) in [4.78, 5) is 4.14. The third kappa shape index (κ3) is 2.30. The van der Waals surface area contributed by atoms with Crippen molar-refractivity contribution in [3.63, 3.8) is 0 Å². The van der Waals surface area contributed by atoms with Gasteiger partial charge < -0.3 is 9.84 Å². The molecule has 0 aliphatic carbocycles. The zero-order valence-corrected chi connectivity index (χ0v) is 12.0. The van der Waals surface area contributed by atoms with Crippen LogP contribution in [0, 0.1) is 0 Å². The van der Waals surface area contributed by atoms with E-state index < -0.39 is 6.10 Å². The van der Waals surface area contributed by atoms with E-state index in [1.54, 1.807) is 6.20 Å². The molecule has 94 valence electrons. The molecule has 1 unspecified atom stereocenters. The van der Waals surface area contributed by atoms with E-state index in [4.69, 9.17) is 4.74 Å². The summed E-state index contributed by atoms with van der Waals surface area (Å²) in [5, 5.41) is 12.8. The van der Waals surface area contributed by atoms with Crippen LogP contribution in [0.1, 0.15) is 22.2 Å². The molecule has 0 spiro atoms. The number of nitrogens with zero attached hydrogens (tertiary/aromatic N) is 1. The van der Waals surface area contributed by atoms with Crippen LogP contribution in [0.5, 0.6) is 5.75 Å². The summed E-state index contributed by atoms with van der Waals surface area (Å²) < 4.78 is 6.69. The Morgan fingerprint density at radius 1 is 1.50 bits per heavy atom. The fourth-order valence-corrected chi connectivity index (χ4v) is 3.37. The van der Waals surface area contributed by atoms with Crippen LogP contribution >= 0.6 is 27.3 Å². The molecule has 0 fully saturated rings. The average molecular weight is 326 g/mol. The quantitative estimate of drug-likeness (QED) is 0.942. The predicted molar refractivity (Wildman–Crippen MR) is 74.1 cm³/mol. The third-order valence-corrected chi connectivity index (χ3v) is 4.31. The number of aliphatic hydroxyl groups is 1. The van der Waals surface area contributed by atoms with E-state index in [-0.39, 0.29) is 0 Å². The molecule has 0 amide bonds. The number of fused-ring (bicyclic) bond motifs is 1. The van der Waals surface area contributed by atoms with Gasteiger partial charge in [0.25, 0.3) is 0 Å². The molecule has 1 aliphatic rings. The Morgan fingerprint density at radius 2 is 2.39 bits per heavy atom. The third-order valence-electron chi connectivity index (χ3n) is 2.98. The Labute approximate surface area is 118 Å². The van der Waals surface area contributed by atoms with Crippen LogP contribution in [0.2, 0.25) is 0 Å². The van der Waals surface area contributed by atoms with Crippen LogP contribution in [0.15, 0.2) is 28.2 Å². The molecule has 1 aromatic carbocycles. The Kier molecular flexibility index (Phi) is 3.37.